The molecule has 0 spiro atoms. The molecule has 25 heavy (non-hydrogen) atoms. The van der Waals surface area contributed by atoms with Crippen molar-refractivity contribution in [2.75, 3.05) is 0 Å². The van der Waals surface area contributed by atoms with E-state index in [0.717, 1.165) is 22.0 Å². The molecule has 4 rings (SSSR count). The van der Waals surface area contributed by atoms with E-state index in [2.05, 4.69) is 20.3 Å². The lowest BCUT2D eigenvalue weighted by atomic mass is 10.1. The number of amides is 1. The Balaban J connectivity index is 1.54. The molecule has 0 fully saturated rings. The molecule has 0 saturated carbocycles. The van der Waals surface area contributed by atoms with Gasteiger partial charge in [-0.2, -0.15) is 0 Å². The van der Waals surface area contributed by atoms with Crippen LogP contribution in [0.5, 0.6) is 0 Å². The van der Waals surface area contributed by atoms with E-state index in [-0.39, 0.29) is 11.9 Å². The molecule has 0 aromatic carbocycles. The smallest absolute Gasteiger partial charge is 0.271 e. The van der Waals surface area contributed by atoms with Crippen molar-refractivity contribution in [1.29, 1.82) is 0 Å². The summed E-state index contributed by atoms with van der Waals surface area (Å²) in [6.07, 6.45) is 6.22. The molecule has 1 N–H and O–H groups in total. The van der Waals surface area contributed by atoms with Gasteiger partial charge in [0, 0.05) is 24.0 Å². The molecule has 4 aromatic heterocycles. The number of thiophene rings is 1. The van der Waals surface area contributed by atoms with Crippen molar-refractivity contribution < 1.29 is 4.79 Å². The number of nitrogens with one attached hydrogen (secondary N) is 1. The molecule has 4 aromatic rings. The minimum absolute atomic E-state index is 0.180. The van der Waals surface area contributed by atoms with Gasteiger partial charge < -0.3 is 5.32 Å². The van der Waals surface area contributed by atoms with Crippen molar-refractivity contribution in [2.24, 2.45) is 0 Å². The highest BCUT2D eigenvalue weighted by Crippen LogP contribution is 2.28. The highest BCUT2D eigenvalue weighted by molar-refractivity contribution is 7.20. The standard InChI is InChI=1S/C17H15N5OS2/c1-2-11(12-9-22-7-4-6-18-17(22)21-12)19-15(23)13-10-25-16(20-13)14-5-3-8-24-14/h3-11H,2H2,1H3,(H,19,23)/t11-/m0/s1. The van der Waals surface area contributed by atoms with Crippen LogP contribution in [0.3, 0.4) is 0 Å². The van der Waals surface area contributed by atoms with Crippen molar-refractivity contribution in [3.05, 3.63) is 58.9 Å². The van der Waals surface area contributed by atoms with Crippen LogP contribution in [0.4, 0.5) is 0 Å². The number of carbonyl (C=O) groups is 1. The van der Waals surface area contributed by atoms with Gasteiger partial charge in [-0.3, -0.25) is 9.20 Å². The van der Waals surface area contributed by atoms with E-state index in [0.29, 0.717) is 11.5 Å². The molecular formula is C17H15N5OS2. The number of hydrogen-bond donors (Lipinski definition) is 1. The van der Waals surface area contributed by atoms with E-state index in [1.807, 2.05) is 47.3 Å². The third-order valence-electron chi connectivity index (χ3n) is 3.79. The van der Waals surface area contributed by atoms with Gasteiger partial charge in [-0.25, -0.2) is 15.0 Å². The first-order chi connectivity index (χ1) is 12.2. The molecule has 8 heteroatoms. The average Bonchev–Trinajstić information content (AvgIpc) is 3.38. The first-order valence-corrected chi connectivity index (χ1v) is 9.60. The maximum atomic E-state index is 12.6. The summed E-state index contributed by atoms with van der Waals surface area (Å²) in [4.78, 5) is 26.8. The summed E-state index contributed by atoms with van der Waals surface area (Å²) in [6, 6.07) is 5.65. The van der Waals surface area contributed by atoms with Crippen molar-refractivity contribution in [3.63, 3.8) is 0 Å². The lowest BCUT2D eigenvalue weighted by Gasteiger charge is -2.13. The average molecular weight is 369 g/mol. The molecule has 1 atom stereocenters. The van der Waals surface area contributed by atoms with Crippen LogP contribution >= 0.6 is 22.7 Å². The number of rotatable bonds is 5. The van der Waals surface area contributed by atoms with Crippen LogP contribution in [0.1, 0.15) is 35.6 Å². The summed E-state index contributed by atoms with van der Waals surface area (Å²) in [6.45, 7) is 2.01. The van der Waals surface area contributed by atoms with Crippen molar-refractivity contribution in [3.8, 4) is 9.88 Å². The van der Waals surface area contributed by atoms with E-state index < -0.39 is 0 Å². The summed E-state index contributed by atoms with van der Waals surface area (Å²) >= 11 is 3.09. The third-order valence-corrected chi connectivity index (χ3v) is 5.67. The maximum absolute atomic E-state index is 12.6. The van der Waals surface area contributed by atoms with E-state index in [1.165, 1.54) is 11.3 Å². The Hall–Kier alpha value is -2.58. The van der Waals surface area contributed by atoms with Crippen LogP contribution in [0.25, 0.3) is 15.7 Å². The number of carbonyl (C=O) groups excluding carboxylic acids is 1. The summed E-state index contributed by atoms with van der Waals surface area (Å²) in [5, 5.41) is 7.68. The lowest BCUT2D eigenvalue weighted by molar-refractivity contribution is 0.0930. The Morgan fingerprint density at radius 2 is 2.24 bits per heavy atom. The second-order valence-electron chi connectivity index (χ2n) is 5.44. The summed E-state index contributed by atoms with van der Waals surface area (Å²) < 4.78 is 1.85. The van der Waals surface area contributed by atoms with Crippen molar-refractivity contribution in [1.82, 2.24) is 24.7 Å². The fraction of sp³-hybridized carbons (Fsp3) is 0.176. The van der Waals surface area contributed by atoms with Gasteiger partial charge >= 0.3 is 0 Å². The van der Waals surface area contributed by atoms with E-state index in [4.69, 9.17) is 0 Å². The zero-order chi connectivity index (χ0) is 17.2. The molecule has 0 bridgehead atoms. The lowest BCUT2D eigenvalue weighted by Crippen LogP contribution is -2.28. The minimum atomic E-state index is -0.184. The monoisotopic (exact) mass is 369 g/mol. The van der Waals surface area contributed by atoms with Crippen LogP contribution in [-0.4, -0.2) is 25.3 Å². The molecule has 0 aliphatic heterocycles. The Morgan fingerprint density at radius 3 is 3.00 bits per heavy atom. The van der Waals surface area contributed by atoms with Crippen molar-refractivity contribution >= 4 is 34.4 Å². The molecule has 1 amide bonds. The third kappa shape index (κ3) is 3.18. The van der Waals surface area contributed by atoms with E-state index in [1.54, 1.807) is 22.9 Å². The van der Waals surface area contributed by atoms with Crippen LogP contribution in [0, 0.1) is 0 Å². The highest BCUT2D eigenvalue weighted by Gasteiger charge is 2.19. The second kappa shape index (κ2) is 6.73. The highest BCUT2D eigenvalue weighted by atomic mass is 32.1. The van der Waals surface area contributed by atoms with E-state index >= 15 is 0 Å². The molecule has 0 aliphatic rings. The number of aromatic nitrogens is 4. The largest absolute Gasteiger partial charge is 0.342 e. The van der Waals surface area contributed by atoms with Crippen molar-refractivity contribution in [2.45, 2.75) is 19.4 Å². The fourth-order valence-electron chi connectivity index (χ4n) is 2.53. The van der Waals surface area contributed by atoms with E-state index in [9.17, 15) is 4.79 Å². The van der Waals surface area contributed by atoms with Gasteiger partial charge in [0.05, 0.1) is 16.6 Å². The zero-order valence-corrected chi connectivity index (χ0v) is 15.0. The fourth-order valence-corrected chi connectivity index (χ4v) is 4.14. The van der Waals surface area contributed by atoms with Gasteiger partial charge in [0.2, 0.25) is 5.78 Å². The van der Waals surface area contributed by atoms with Crippen LogP contribution in [0.15, 0.2) is 47.5 Å². The summed E-state index contributed by atoms with van der Waals surface area (Å²) in [5.74, 6) is 0.440. The van der Waals surface area contributed by atoms with Gasteiger partial charge in [0.25, 0.3) is 5.91 Å². The molecule has 0 aliphatic carbocycles. The molecule has 0 saturated heterocycles. The SMILES string of the molecule is CC[C@H](NC(=O)c1csc(-c2cccs2)n1)c1cn2cccnc2n1. The molecule has 0 radical (unpaired) electrons. The first-order valence-electron chi connectivity index (χ1n) is 7.84. The molecule has 0 unspecified atom stereocenters. The number of hydrogen-bond acceptors (Lipinski definition) is 6. The van der Waals surface area contributed by atoms with Gasteiger partial charge in [-0.15, -0.1) is 22.7 Å². The normalized spacial score (nSPS) is 12.4. The first kappa shape index (κ1) is 15.9. The van der Waals surface area contributed by atoms with Crippen LogP contribution in [-0.2, 0) is 0 Å². The topological polar surface area (TPSA) is 72.2 Å². The predicted octanol–water partition coefficient (Wildman–Crippen LogP) is 3.80. The van der Waals surface area contributed by atoms with Crippen LogP contribution in [0.2, 0.25) is 0 Å². The number of nitrogens with zero attached hydrogens (tertiary/aromatic N) is 4. The molecule has 6 nitrogen and oxygen atoms in total. The van der Waals surface area contributed by atoms with Crippen LogP contribution < -0.4 is 5.32 Å². The Kier molecular flexibility index (Phi) is 4.29. The molecule has 4 heterocycles. The molecule has 126 valence electrons. The Bertz CT molecular complexity index is 972. The van der Waals surface area contributed by atoms with Gasteiger partial charge in [0.1, 0.15) is 10.7 Å². The number of fused-ring (bicyclic) bond motifs is 1. The second-order valence-corrected chi connectivity index (χ2v) is 7.25. The Morgan fingerprint density at radius 1 is 1.32 bits per heavy atom. The quantitative estimate of drug-likeness (QED) is 0.581. The predicted molar refractivity (Wildman–Crippen MR) is 98.9 cm³/mol. The molecular weight excluding hydrogens is 354 g/mol. The zero-order valence-electron chi connectivity index (χ0n) is 13.4. The maximum Gasteiger partial charge on any atom is 0.271 e. The summed E-state index contributed by atoms with van der Waals surface area (Å²) in [7, 11) is 0. The minimum Gasteiger partial charge on any atom is -0.342 e. The number of imidazole rings is 1. The number of thiazole rings is 1. The Labute approximate surface area is 152 Å². The summed E-state index contributed by atoms with van der Waals surface area (Å²) in [5.41, 5.74) is 1.23. The van der Waals surface area contributed by atoms with Gasteiger partial charge in [-0.05, 0) is 23.9 Å². The van der Waals surface area contributed by atoms with Gasteiger partial charge in [-0.1, -0.05) is 13.0 Å². The van der Waals surface area contributed by atoms with Gasteiger partial charge in [0.15, 0.2) is 0 Å².